The summed E-state index contributed by atoms with van der Waals surface area (Å²) in [6, 6.07) is 6.96. The second-order valence-electron chi connectivity index (χ2n) is 4.94. The zero-order chi connectivity index (χ0) is 14.3. The minimum Gasteiger partial charge on any atom is -0.494 e. The summed E-state index contributed by atoms with van der Waals surface area (Å²) in [6.45, 7) is 12.6. The van der Waals surface area contributed by atoms with Crippen LogP contribution in [0.3, 0.4) is 0 Å². The van der Waals surface area contributed by atoms with Gasteiger partial charge in [-0.1, -0.05) is 26.8 Å². The van der Waals surface area contributed by atoms with E-state index in [0.29, 0.717) is 11.3 Å². The molecule has 0 aliphatic heterocycles. The van der Waals surface area contributed by atoms with Crippen molar-refractivity contribution in [3.63, 3.8) is 0 Å². The molecule has 1 N–H and O–H groups in total. The van der Waals surface area contributed by atoms with Gasteiger partial charge in [-0.2, -0.15) is 11.8 Å². The Morgan fingerprint density at radius 3 is 2.53 bits per heavy atom. The molecule has 0 radical (unpaired) electrons. The molecule has 108 valence electrons. The molecule has 0 fully saturated rings. The summed E-state index contributed by atoms with van der Waals surface area (Å²) >= 11 is 1.96. The van der Waals surface area contributed by atoms with Crippen LogP contribution in [0.1, 0.15) is 51.8 Å². The van der Waals surface area contributed by atoms with E-state index in [0.717, 1.165) is 24.7 Å². The molecule has 0 aromatic heterocycles. The second kappa shape index (κ2) is 8.49. The van der Waals surface area contributed by atoms with E-state index in [1.165, 1.54) is 11.1 Å². The van der Waals surface area contributed by atoms with Crippen LogP contribution in [0.4, 0.5) is 0 Å². The van der Waals surface area contributed by atoms with Crippen LogP contribution in [0.25, 0.3) is 0 Å². The second-order valence-corrected chi connectivity index (χ2v) is 6.50. The molecule has 0 saturated carbocycles. The third-order valence-electron chi connectivity index (χ3n) is 2.97. The largest absolute Gasteiger partial charge is 0.494 e. The molecule has 2 nitrogen and oxygen atoms in total. The summed E-state index contributed by atoms with van der Waals surface area (Å²) in [7, 11) is 0. The molecule has 1 unspecified atom stereocenters. The van der Waals surface area contributed by atoms with Gasteiger partial charge in [0.1, 0.15) is 5.75 Å². The van der Waals surface area contributed by atoms with Gasteiger partial charge in [0.15, 0.2) is 0 Å². The zero-order valence-corrected chi connectivity index (χ0v) is 13.6. The first-order valence-electron chi connectivity index (χ1n) is 7.19. The monoisotopic (exact) mass is 281 g/mol. The van der Waals surface area contributed by atoms with E-state index in [-0.39, 0.29) is 0 Å². The first-order valence-corrected chi connectivity index (χ1v) is 8.23. The summed E-state index contributed by atoms with van der Waals surface area (Å²) < 4.78 is 5.73. The number of thioether (sulfide) groups is 1. The lowest BCUT2D eigenvalue weighted by atomic mass is 10.0. The Labute approximate surface area is 122 Å². The molecule has 1 aromatic rings. The van der Waals surface area contributed by atoms with Crippen molar-refractivity contribution < 1.29 is 4.74 Å². The van der Waals surface area contributed by atoms with Gasteiger partial charge in [0, 0.05) is 17.4 Å². The van der Waals surface area contributed by atoms with E-state index < -0.39 is 0 Å². The summed E-state index contributed by atoms with van der Waals surface area (Å²) in [4.78, 5) is 0. The molecule has 0 saturated heterocycles. The molecule has 1 atom stereocenters. The first kappa shape index (κ1) is 16.4. The summed E-state index contributed by atoms with van der Waals surface area (Å²) in [5.74, 6) is 2.04. The first-order chi connectivity index (χ1) is 9.08. The SMILES string of the molecule is CCNC(C)c1ccc(OCC)c(CSC(C)C)c1. The Bertz CT molecular complexity index is 379. The van der Waals surface area contributed by atoms with E-state index >= 15 is 0 Å². The fraction of sp³-hybridized carbons (Fsp3) is 0.625. The van der Waals surface area contributed by atoms with Gasteiger partial charge >= 0.3 is 0 Å². The van der Waals surface area contributed by atoms with Crippen molar-refractivity contribution in [3.8, 4) is 5.75 Å². The van der Waals surface area contributed by atoms with Gasteiger partial charge in [-0.05, 0) is 43.3 Å². The summed E-state index contributed by atoms with van der Waals surface area (Å²) in [6.07, 6.45) is 0. The molecule has 0 spiro atoms. The molecule has 0 heterocycles. The molecule has 0 aliphatic rings. The Kier molecular flexibility index (Phi) is 7.32. The topological polar surface area (TPSA) is 21.3 Å². The van der Waals surface area contributed by atoms with Crippen molar-refractivity contribution in [2.75, 3.05) is 13.2 Å². The van der Waals surface area contributed by atoms with Crippen molar-refractivity contribution >= 4 is 11.8 Å². The van der Waals surface area contributed by atoms with Crippen molar-refractivity contribution in [1.29, 1.82) is 0 Å². The molecular weight excluding hydrogens is 254 g/mol. The van der Waals surface area contributed by atoms with Gasteiger partial charge in [0.05, 0.1) is 6.61 Å². The minimum absolute atomic E-state index is 0.392. The predicted molar refractivity (Wildman–Crippen MR) is 86.1 cm³/mol. The lowest BCUT2D eigenvalue weighted by Gasteiger charge is -2.17. The Hall–Kier alpha value is -0.670. The highest BCUT2D eigenvalue weighted by molar-refractivity contribution is 7.99. The van der Waals surface area contributed by atoms with Crippen molar-refractivity contribution in [1.82, 2.24) is 5.32 Å². The lowest BCUT2D eigenvalue weighted by Crippen LogP contribution is -2.17. The summed E-state index contributed by atoms with van der Waals surface area (Å²) in [5, 5.41) is 4.10. The smallest absolute Gasteiger partial charge is 0.123 e. The fourth-order valence-corrected chi connectivity index (χ4v) is 2.70. The highest BCUT2D eigenvalue weighted by Gasteiger charge is 2.10. The number of benzene rings is 1. The van der Waals surface area contributed by atoms with Crippen molar-refractivity contribution in [2.24, 2.45) is 0 Å². The van der Waals surface area contributed by atoms with Crippen LogP contribution in [0, 0.1) is 0 Å². The third-order valence-corrected chi connectivity index (χ3v) is 4.11. The van der Waals surface area contributed by atoms with Crippen molar-refractivity contribution in [3.05, 3.63) is 29.3 Å². The van der Waals surface area contributed by atoms with Gasteiger partial charge in [-0.3, -0.25) is 0 Å². The molecule has 0 bridgehead atoms. The molecule has 19 heavy (non-hydrogen) atoms. The zero-order valence-electron chi connectivity index (χ0n) is 12.8. The molecule has 1 aromatic carbocycles. The fourth-order valence-electron chi connectivity index (χ4n) is 1.96. The number of hydrogen-bond donors (Lipinski definition) is 1. The van der Waals surface area contributed by atoms with Crippen LogP contribution in [-0.2, 0) is 5.75 Å². The summed E-state index contributed by atoms with van der Waals surface area (Å²) in [5.41, 5.74) is 2.65. The van der Waals surface area contributed by atoms with Crippen LogP contribution < -0.4 is 10.1 Å². The Morgan fingerprint density at radius 1 is 1.21 bits per heavy atom. The maximum absolute atomic E-state index is 5.73. The predicted octanol–water partition coefficient (Wildman–Crippen LogP) is 4.40. The molecule has 0 amide bonds. The number of rotatable bonds is 8. The van der Waals surface area contributed by atoms with Gasteiger partial charge in [0.2, 0.25) is 0 Å². The van der Waals surface area contributed by atoms with Crippen LogP contribution in [0.5, 0.6) is 5.75 Å². The Morgan fingerprint density at radius 2 is 1.95 bits per heavy atom. The highest BCUT2D eigenvalue weighted by atomic mass is 32.2. The third kappa shape index (κ3) is 5.45. The van der Waals surface area contributed by atoms with Gasteiger partial charge < -0.3 is 10.1 Å². The molecule has 3 heteroatoms. The highest BCUT2D eigenvalue weighted by Crippen LogP contribution is 2.28. The van der Waals surface area contributed by atoms with Crippen molar-refractivity contribution in [2.45, 2.75) is 51.7 Å². The number of nitrogens with one attached hydrogen (secondary N) is 1. The quantitative estimate of drug-likeness (QED) is 0.763. The maximum Gasteiger partial charge on any atom is 0.123 e. The molecule has 1 rings (SSSR count). The standard InChI is InChI=1S/C16H27NOS/c1-6-17-13(5)14-8-9-16(18-7-2)15(10-14)11-19-12(3)4/h8-10,12-13,17H,6-7,11H2,1-5H3. The normalized spacial score (nSPS) is 12.7. The van der Waals surface area contributed by atoms with Crippen LogP contribution in [0.2, 0.25) is 0 Å². The molecule has 0 aliphatic carbocycles. The van der Waals surface area contributed by atoms with Crippen LogP contribution in [-0.4, -0.2) is 18.4 Å². The van der Waals surface area contributed by atoms with Crippen LogP contribution in [0.15, 0.2) is 18.2 Å². The average molecular weight is 281 g/mol. The number of ether oxygens (including phenoxy) is 1. The van der Waals surface area contributed by atoms with E-state index in [4.69, 9.17) is 4.74 Å². The minimum atomic E-state index is 0.392. The van der Waals surface area contributed by atoms with E-state index in [1.54, 1.807) is 0 Å². The van der Waals surface area contributed by atoms with Crippen LogP contribution >= 0.6 is 11.8 Å². The Balaban J connectivity index is 2.89. The average Bonchev–Trinajstić information content (AvgIpc) is 2.38. The lowest BCUT2D eigenvalue weighted by molar-refractivity contribution is 0.337. The van der Waals surface area contributed by atoms with E-state index in [9.17, 15) is 0 Å². The van der Waals surface area contributed by atoms with E-state index in [2.05, 4.69) is 51.2 Å². The van der Waals surface area contributed by atoms with E-state index in [1.807, 2.05) is 18.7 Å². The molecular formula is C16H27NOS. The van der Waals surface area contributed by atoms with Gasteiger partial charge in [0.25, 0.3) is 0 Å². The maximum atomic E-state index is 5.73. The van der Waals surface area contributed by atoms with Gasteiger partial charge in [-0.15, -0.1) is 0 Å². The van der Waals surface area contributed by atoms with Gasteiger partial charge in [-0.25, -0.2) is 0 Å². The number of hydrogen-bond acceptors (Lipinski definition) is 3.